The quantitative estimate of drug-likeness (QED) is 0.781. The first-order valence-electron chi connectivity index (χ1n) is 6.11. The minimum Gasteiger partial charge on any atom is -0.340 e. The molecule has 1 amide bonds. The predicted molar refractivity (Wildman–Crippen MR) is 82.7 cm³/mol. The van der Waals surface area contributed by atoms with Gasteiger partial charge in [-0.05, 0) is 30.5 Å². The summed E-state index contributed by atoms with van der Waals surface area (Å²) < 4.78 is 0. The summed E-state index contributed by atoms with van der Waals surface area (Å²) in [7, 11) is 1.86. The van der Waals surface area contributed by atoms with E-state index in [-0.39, 0.29) is 5.91 Å². The Morgan fingerprint density at radius 2 is 2.00 bits per heavy atom. The van der Waals surface area contributed by atoms with E-state index >= 15 is 0 Å². The zero-order valence-corrected chi connectivity index (χ0v) is 12.8. The summed E-state index contributed by atoms with van der Waals surface area (Å²) >= 11 is 3.27. The van der Waals surface area contributed by atoms with Gasteiger partial charge in [-0.25, -0.2) is 0 Å². The number of aryl methyl sites for hydroxylation is 1. The van der Waals surface area contributed by atoms with E-state index in [1.54, 1.807) is 28.0 Å². The summed E-state index contributed by atoms with van der Waals surface area (Å²) in [6.45, 7) is 2.76. The highest BCUT2D eigenvalue weighted by Crippen LogP contribution is 2.19. The lowest BCUT2D eigenvalue weighted by Crippen LogP contribution is -2.27. The van der Waals surface area contributed by atoms with Crippen molar-refractivity contribution < 1.29 is 4.79 Å². The molecule has 0 atom stereocenters. The first-order chi connectivity index (χ1) is 9.15. The van der Waals surface area contributed by atoms with Crippen LogP contribution in [0.4, 0.5) is 0 Å². The summed E-state index contributed by atoms with van der Waals surface area (Å²) in [4.78, 5) is 16.2. The van der Waals surface area contributed by atoms with E-state index in [4.69, 9.17) is 0 Å². The molecule has 0 N–H and O–H groups in total. The molecule has 1 heterocycles. The topological polar surface area (TPSA) is 20.3 Å². The third kappa shape index (κ3) is 4.40. The van der Waals surface area contributed by atoms with Crippen molar-refractivity contribution in [3.63, 3.8) is 0 Å². The van der Waals surface area contributed by atoms with Gasteiger partial charge in [0, 0.05) is 16.8 Å². The number of rotatable bonds is 5. The maximum absolute atomic E-state index is 12.0. The van der Waals surface area contributed by atoms with Gasteiger partial charge in [0.15, 0.2) is 0 Å². The summed E-state index contributed by atoms with van der Waals surface area (Å²) in [6.07, 6.45) is 0. The predicted octanol–water partition coefficient (Wildman–Crippen LogP) is 3.81. The summed E-state index contributed by atoms with van der Waals surface area (Å²) in [6, 6.07) is 12.3. The Bertz CT molecular complexity index is 520. The fourth-order valence-electron chi connectivity index (χ4n) is 1.61. The van der Waals surface area contributed by atoms with Crippen molar-refractivity contribution in [3.05, 3.63) is 52.2 Å². The van der Waals surface area contributed by atoms with Gasteiger partial charge in [-0.1, -0.05) is 23.8 Å². The van der Waals surface area contributed by atoms with Gasteiger partial charge >= 0.3 is 0 Å². The van der Waals surface area contributed by atoms with Crippen LogP contribution in [0, 0.1) is 6.92 Å². The van der Waals surface area contributed by atoms with Crippen LogP contribution in [0.15, 0.2) is 46.7 Å². The average Bonchev–Trinajstić information content (AvgIpc) is 2.90. The van der Waals surface area contributed by atoms with Gasteiger partial charge in [-0.15, -0.1) is 23.1 Å². The van der Waals surface area contributed by atoms with Crippen molar-refractivity contribution in [1.82, 2.24) is 4.90 Å². The van der Waals surface area contributed by atoms with Crippen LogP contribution in [-0.2, 0) is 11.3 Å². The van der Waals surface area contributed by atoms with Gasteiger partial charge in [-0.3, -0.25) is 4.79 Å². The van der Waals surface area contributed by atoms with Gasteiger partial charge in [0.1, 0.15) is 0 Å². The minimum atomic E-state index is 0.166. The van der Waals surface area contributed by atoms with Crippen LogP contribution in [0.5, 0.6) is 0 Å². The van der Waals surface area contributed by atoms with Gasteiger partial charge in [0.05, 0.1) is 12.3 Å². The molecule has 0 fully saturated rings. The monoisotopic (exact) mass is 291 g/mol. The third-order valence-electron chi connectivity index (χ3n) is 2.78. The fourth-order valence-corrected chi connectivity index (χ4v) is 3.21. The van der Waals surface area contributed by atoms with Crippen LogP contribution in [0.3, 0.4) is 0 Å². The van der Waals surface area contributed by atoms with Gasteiger partial charge in [0.2, 0.25) is 5.91 Å². The van der Waals surface area contributed by atoms with E-state index in [0.29, 0.717) is 12.3 Å². The van der Waals surface area contributed by atoms with E-state index in [1.165, 1.54) is 10.4 Å². The van der Waals surface area contributed by atoms with Crippen molar-refractivity contribution in [2.24, 2.45) is 0 Å². The number of hydrogen-bond acceptors (Lipinski definition) is 3. The lowest BCUT2D eigenvalue weighted by molar-refractivity contribution is -0.127. The molecule has 0 saturated carbocycles. The van der Waals surface area contributed by atoms with Crippen LogP contribution in [0.25, 0.3) is 0 Å². The van der Waals surface area contributed by atoms with E-state index in [2.05, 4.69) is 37.3 Å². The number of benzene rings is 1. The number of hydrogen-bond donors (Lipinski definition) is 0. The third-order valence-corrected chi connectivity index (χ3v) is 4.64. The van der Waals surface area contributed by atoms with E-state index < -0.39 is 0 Å². The first-order valence-corrected chi connectivity index (χ1v) is 7.97. The lowest BCUT2D eigenvalue weighted by Gasteiger charge is -2.15. The number of thiophene rings is 1. The Morgan fingerprint density at radius 1 is 1.26 bits per heavy atom. The van der Waals surface area contributed by atoms with Crippen molar-refractivity contribution in [3.8, 4) is 0 Å². The minimum absolute atomic E-state index is 0.166. The number of amides is 1. The number of nitrogens with zero attached hydrogens (tertiary/aromatic N) is 1. The van der Waals surface area contributed by atoms with Crippen molar-refractivity contribution >= 4 is 29.0 Å². The Morgan fingerprint density at radius 3 is 2.63 bits per heavy atom. The maximum Gasteiger partial charge on any atom is 0.233 e. The van der Waals surface area contributed by atoms with Gasteiger partial charge in [0.25, 0.3) is 0 Å². The number of carbonyl (C=O) groups excluding carboxylic acids is 1. The second-order valence-electron chi connectivity index (χ2n) is 4.43. The molecule has 0 aliphatic rings. The van der Waals surface area contributed by atoms with Crippen LogP contribution >= 0.6 is 23.1 Å². The Balaban J connectivity index is 1.82. The van der Waals surface area contributed by atoms with Crippen LogP contribution < -0.4 is 0 Å². The fraction of sp³-hybridized carbons (Fsp3) is 0.267. The maximum atomic E-state index is 12.0. The Labute approximate surface area is 122 Å². The molecule has 0 spiro atoms. The summed E-state index contributed by atoms with van der Waals surface area (Å²) in [5.74, 6) is 0.657. The van der Waals surface area contributed by atoms with E-state index in [1.807, 2.05) is 18.5 Å². The normalized spacial score (nSPS) is 10.4. The highest BCUT2D eigenvalue weighted by atomic mass is 32.2. The zero-order chi connectivity index (χ0) is 13.7. The van der Waals surface area contributed by atoms with Crippen molar-refractivity contribution in [1.29, 1.82) is 0 Å². The first kappa shape index (κ1) is 14.2. The molecule has 1 aromatic carbocycles. The van der Waals surface area contributed by atoms with Crippen LogP contribution in [-0.4, -0.2) is 23.6 Å². The second-order valence-corrected chi connectivity index (χ2v) is 6.51. The molecular formula is C15H17NOS2. The zero-order valence-electron chi connectivity index (χ0n) is 11.1. The smallest absolute Gasteiger partial charge is 0.233 e. The van der Waals surface area contributed by atoms with Gasteiger partial charge < -0.3 is 4.90 Å². The molecule has 0 aliphatic heterocycles. The second kappa shape index (κ2) is 6.78. The number of thioether (sulfide) groups is 1. The van der Waals surface area contributed by atoms with Crippen LogP contribution in [0.2, 0.25) is 0 Å². The molecule has 0 radical (unpaired) electrons. The van der Waals surface area contributed by atoms with Crippen molar-refractivity contribution in [2.75, 3.05) is 12.8 Å². The molecule has 1 aromatic heterocycles. The molecule has 2 nitrogen and oxygen atoms in total. The Kier molecular flexibility index (Phi) is 5.05. The highest BCUT2D eigenvalue weighted by Gasteiger charge is 2.10. The van der Waals surface area contributed by atoms with E-state index in [0.717, 1.165) is 4.90 Å². The molecule has 2 rings (SSSR count). The summed E-state index contributed by atoms with van der Waals surface area (Å²) in [5.41, 5.74) is 1.24. The molecule has 0 saturated heterocycles. The summed E-state index contributed by atoms with van der Waals surface area (Å²) in [5, 5.41) is 2.04. The molecular weight excluding hydrogens is 274 g/mol. The molecule has 0 bridgehead atoms. The molecule has 0 aliphatic carbocycles. The highest BCUT2D eigenvalue weighted by molar-refractivity contribution is 8.00. The lowest BCUT2D eigenvalue weighted by atomic mass is 10.2. The standard InChI is InChI=1S/C15H17NOS2/c1-12-5-7-13(8-6-12)19-11-15(17)16(2)10-14-4-3-9-18-14/h3-9H,10-11H2,1-2H3. The molecule has 100 valence electrons. The molecule has 0 unspecified atom stereocenters. The average molecular weight is 291 g/mol. The Hall–Kier alpha value is -1.26. The molecule has 4 heteroatoms. The number of carbonyl (C=O) groups is 1. The van der Waals surface area contributed by atoms with E-state index in [9.17, 15) is 4.79 Å². The van der Waals surface area contributed by atoms with Crippen molar-refractivity contribution in [2.45, 2.75) is 18.4 Å². The SMILES string of the molecule is Cc1ccc(SCC(=O)N(C)Cc2cccs2)cc1. The van der Waals surface area contributed by atoms with Gasteiger partial charge in [-0.2, -0.15) is 0 Å². The molecule has 19 heavy (non-hydrogen) atoms. The van der Waals surface area contributed by atoms with Crippen LogP contribution in [0.1, 0.15) is 10.4 Å². The largest absolute Gasteiger partial charge is 0.340 e. The molecule has 2 aromatic rings.